The number of nitrogens with two attached hydrogens (primary N) is 1. The highest BCUT2D eigenvalue weighted by Crippen LogP contribution is 2.24. The molecular formula is C13H19FN2O2. The number of hydrogen-bond donors (Lipinski definition) is 2. The SMILES string of the molecule is CC(C)NC(=O)COc1cc(F)ccc1[C@H](C)N. The van der Waals surface area contributed by atoms with E-state index in [2.05, 4.69) is 5.32 Å². The summed E-state index contributed by atoms with van der Waals surface area (Å²) in [5, 5.41) is 2.69. The molecule has 4 nitrogen and oxygen atoms in total. The Morgan fingerprint density at radius 2 is 2.11 bits per heavy atom. The summed E-state index contributed by atoms with van der Waals surface area (Å²) in [6, 6.07) is 3.88. The van der Waals surface area contributed by atoms with Gasteiger partial charge in [0.05, 0.1) is 0 Å². The monoisotopic (exact) mass is 254 g/mol. The number of nitrogens with one attached hydrogen (secondary N) is 1. The van der Waals surface area contributed by atoms with Crippen LogP contribution in [0.5, 0.6) is 5.75 Å². The topological polar surface area (TPSA) is 64.3 Å². The molecule has 0 aromatic heterocycles. The fourth-order valence-corrected chi connectivity index (χ4v) is 1.52. The van der Waals surface area contributed by atoms with Gasteiger partial charge in [0, 0.05) is 23.7 Å². The van der Waals surface area contributed by atoms with Crippen LogP contribution >= 0.6 is 0 Å². The number of ether oxygens (including phenoxy) is 1. The number of benzene rings is 1. The maximum Gasteiger partial charge on any atom is 0.258 e. The van der Waals surface area contributed by atoms with E-state index in [1.165, 1.54) is 12.1 Å². The molecule has 0 bridgehead atoms. The molecule has 0 heterocycles. The summed E-state index contributed by atoms with van der Waals surface area (Å²) in [4.78, 5) is 11.4. The summed E-state index contributed by atoms with van der Waals surface area (Å²) in [5.41, 5.74) is 6.42. The molecule has 1 atom stereocenters. The summed E-state index contributed by atoms with van der Waals surface area (Å²) in [6.07, 6.45) is 0. The standard InChI is InChI=1S/C13H19FN2O2/c1-8(2)16-13(17)7-18-12-6-10(14)4-5-11(12)9(3)15/h4-6,8-9H,7,15H2,1-3H3,(H,16,17)/t9-/m0/s1. The van der Waals surface area contributed by atoms with Crippen molar-refractivity contribution < 1.29 is 13.9 Å². The van der Waals surface area contributed by atoms with Gasteiger partial charge in [-0.3, -0.25) is 4.79 Å². The molecule has 0 unspecified atom stereocenters. The highest BCUT2D eigenvalue weighted by atomic mass is 19.1. The molecule has 0 saturated carbocycles. The van der Waals surface area contributed by atoms with Crippen molar-refractivity contribution in [3.05, 3.63) is 29.6 Å². The molecule has 0 aliphatic rings. The van der Waals surface area contributed by atoms with Crippen LogP contribution in [0.15, 0.2) is 18.2 Å². The van der Waals surface area contributed by atoms with Crippen molar-refractivity contribution >= 4 is 5.91 Å². The molecule has 18 heavy (non-hydrogen) atoms. The van der Waals surface area contributed by atoms with Crippen LogP contribution < -0.4 is 15.8 Å². The van der Waals surface area contributed by atoms with Gasteiger partial charge in [0.2, 0.25) is 0 Å². The first-order valence-corrected chi connectivity index (χ1v) is 5.87. The summed E-state index contributed by atoms with van der Waals surface area (Å²) in [5.74, 6) is -0.354. The first kappa shape index (κ1) is 14.4. The highest BCUT2D eigenvalue weighted by molar-refractivity contribution is 5.77. The summed E-state index contributed by atoms with van der Waals surface area (Å²) < 4.78 is 18.4. The Bertz CT molecular complexity index is 419. The van der Waals surface area contributed by atoms with Gasteiger partial charge in [-0.25, -0.2) is 4.39 Å². The van der Waals surface area contributed by atoms with E-state index in [1.807, 2.05) is 13.8 Å². The lowest BCUT2D eigenvalue weighted by Crippen LogP contribution is -2.34. The maximum absolute atomic E-state index is 13.1. The Morgan fingerprint density at radius 3 is 2.67 bits per heavy atom. The lowest BCUT2D eigenvalue weighted by atomic mass is 10.1. The van der Waals surface area contributed by atoms with Crippen LogP contribution in [0.1, 0.15) is 32.4 Å². The van der Waals surface area contributed by atoms with E-state index in [0.29, 0.717) is 11.3 Å². The number of hydrogen-bond acceptors (Lipinski definition) is 3. The van der Waals surface area contributed by atoms with E-state index in [4.69, 9.17) is 10.5 Å². The molecule has 0 saturated heterocycles. The fraction of sp³-hybridized carbons (Fsp3) is 0.462. The smallest absolute Gasteiger partial charge is 0.258 e. The molecule has 0 aliphatic heterocycles. The molecule has 1 aromatic carbocycles. The van der Waals surface area contributed by atoms with Gasteiger partial charge in [0.15, 0.2) is 6.61 Å². The minimum atomic E-state index is -0.418. The third-order valence-electron chi connectivity index (χ3n) is 2.27. The van der Waals surface area contributed by atoms with E-state index in [-0.39, 0.29) is 24.6 Å². The Hall–Kier alpha value is -1.62. The van der Waals surface area contributed by atoms with Crippen molar-refractivity contribution in [3.8, 4) is 5.75 Å². The minimum Gasteiger partial charge on any atom is -0.483 e. The van der Waals surface area contributed by atoms with E-state index < -0.39 is 5.82 Å². The largest absolute Gasteiger partial charge is 0.483 e. The van der Waals surface area contributed by atoms with Crippen molar-refractivity contribution in [2.75, 3.05) is 6.61 Å². The van der Waals surface area contributed by atoms with Crippen LogP contribution in [0, 0.1) is 5.82 Å². The van der Waals surface area contributed by atoms with E-state index in [0.717, 1.165) is 0 Å². The lowest BCUT2D eigenvalue weighted by Gasteiger charge is -2.14. The Balaban J connectivity index is 2.71. The number of carbonyl (C=O) groups is 1. The lowest BCUT2D eigenvalue weighted by molar-refractivity contribution is -0.123. The Kier molecular flexibility index (Phi) is 5.09. The van der Waals surface area contributed by atoms with Crippen LogP contribution in [0.3, 0.4) is 0 Å². The molecule has 0 radical (unpaired) electrons. The van der Waals surface area contributed by atoms with Gasteiger partial charge >= 0.3 is 0 Å². The number of rotatable bonds is 5. The average molecular weight is 254 g/mol. The molecule has 100 valence electrons. The molecule has 0 aliphatic carbocycles. The van der Waals surface area contributed by atoms with E-state index in [9.17, 15) is 9.18 Å². The first-order valence-electron chi connectivity index (χ1n) is 5.87. The van der Waals surface area contributed by atoms with Gasteiger partial charge in [-0.2, -0.15) is 0 Å². The molecule has 0 spiro atoms. The van der Waals surface area contributed by atoms with Crippen LogP contribution in [-0.4, -0.2) is 18.6 Å². The van der Waals surface area contributed by atoms with Gasteiger partial charge in [-0.05, 0) is 26.8 Å². The fourth-order valence-electron chi connectivity index (χ4n) is 1.52. The molecule has 1 aromatic rings. The highest BCUT2D eigenvalue weighted by Gasteiger charge is 2.11. The molecule has 1 rings (SSSR count). The second-order valence-electron chi connectivity index (χ2n) is 4.48. The molecule has 1 amide bonds. The van der Waals surface area contributed by atoms with Gasteiger partial charge < -0.3 is 15.8 Å². The second-order valence-corrected chi connectivity index (χ2v) is 4.48. The van der Waals surface area contributed by atoms with Gasteiger partial charge in [-0.1, -0.05) is 6.07 Å². The third-order valence-corrected chi connectivity index (χ3v) is 2.27. The quantitative estimate of drug-likeness (QED) is 0.841. The number of halogens is 1. The molecule has 3 N–H and O–H groups in total. The third kappa shape index (κ3) is 4.33. The van der Waals surface area contributed by atoms with Crippen molar-refractivity contribution in [3.63, 3.8) is 0 Å². The molecule has 0 fully saturated rings. The van der Waals surface area contributed by atoms with E-state index in [1.54, 1.807) is 13.0 Å². The second kappa shape index (κ2) is 6.35. The van der Waals surface area contributed by atoms with Crippen molar-refractivity contribution in [1.29, 1.82) is 0 Å². The predicted molar refractivity (Wildman–Crippen MR) is 67.8 cm³/mol. The maximum atomic E-state index is 13.1. The van der Waals surface area contributed by atoms with E-state index >= 15 is 0 Å². The molecule has 5 heteroatoms. The number of amides is 1. The van der Waals surface area contributed by atoms with Gasteiger partial charge in [0.1, 0.15) is 11.6 Å². The van der Waals surface area contributed by atoms with Gasteiger partial charge in [0.25, 0.3) is 5.91 Å². The predicted octanol–water partition coefficient (Wildman–Crippen LogP) is 1.75. The summed E-state index contributed by atoms with van der Waals surface area (Å²) >= 11 is 0. The van der Waals surface area contributed by atoms with Crippen LogP contribution in [-0.2, 0) is 4.79 Å². The van der Waals surface area contributed by atoms with Crippen molar-refractivity contribution in [2.24, 2.45) is 5.73 Å². The zero-order valence-electron chi connectivity index (χ0n) is 10.9. The van der Waals surface area contributed by atoms with Crippen molar-refractivity contribution in [1.82, 2.24) is 5.32 Å². The van der Waals surface area contributed by atoms with Gasteiger partial charge in [-0.15, -0.1) is 0 Å². The average Bonchev–Trinajstić information content (AvgIpc) is 2.25. The Morgan fingerprint density at radius 1 is 1.44 bits per heavy atom. The zero-order chi connectivity index (χ0) is 13.7. The van der Waals surface area contributed by atoms with Crippen LogP contribution in [0.2, 0.25) is 0 Å². The van der Waals surface area contributed by atoms with Crippen LogP contribution in [0.4, 0.5) is 4.39 Å². The summed E-state index contributed by atoms with van der Waals surface area (Å²) in [7, 11) is 0. The minimum absolute atomic E-state index is 0.0431. The van der Waals surface area contributed by atoms with Crippen molar-refractivity contribution in [2.45, 2.75) is 32.9 Å². The Labute approximate surface area is 106 Å². The van der Waals surface area contributed by atoms with Crippen LogP contribution in [0.25, 0.3) is 0 Å². The normalized spacial score (nSPS) is 12.3. The number of carbonyl (C=O) groups excluding carboxylic acids is 1. The zero-order valence-corrected chi connectivity index (χ0v) is 10.9. The first-order chi connectivity index (χ1) is 8.40. The molecular weight excluding hydrogens is 235 g/mol. The summed E-state index contributed by atoms with van der Waals surface area (Å²) in [6.45, 7) is 5.33.